The smallest absolute Gasteiger partial charge is 0.416 e. The first-order valence-corrected chi connectivity index (χ1v) is 18.0. The van der Waals surface area contributed by atoms with Gasteiger partial charge in [0.2, 0.25) is 12.3 Å². The number of aliphatic hydroxyl groups is 1. The van der Waals surface area contributed by atoms with Crippen LogP contribution in [0.15, 0.2) is 89.7 Å². The fourth-order valence-electron chi connectivity index (χ4n) is 6.14. The Kier molecular flexibility index (Phi) is 12.4. The number of hydrogen-bond donors (Lipinski definition) is 1. The zero-order valence-electron chi connectivity index (χ0n) is 30.6. The van der Waals surface area contributed by atoms with Crippen molar-refractivity contribution >= 4 is 11.7 Å². The molecule has 0 bridgehead atoms. The van der Waals surface area contributed by atoms with E-state index in [4.69, 9.17) is 28.6 Å². The zero-order chi connectivity index (χ0) is 36.5. The second kappa shape index (κ2) is 17.3. The van der Waals surface area contributed by atoms with Gasteiger partial charge in [-0.2, -0.15) is 0 Å². The number of furan rings is 1. The van der Waals surface area contributed by atoms with Crippen LogP contribution in [-0.4, -0.2) is 112 Å². The quantitative estimate of drug-likeness (QED) is 0.135. The van der Waals surface area contributed by atoms with E-state index in [0.29, 0.717) is 68.7 Å². The summed E-state index contributed by atoms with van der Waals surface area (Å²) in [6.07, 6.45) is 3.47. The lowest BCUT2D eigenvalue weighted by Gasteiger charge is -2.32. The number of nitrogens with zero attached hydrogens (tertiary/aromatic N) is 6. The maximum absolute atomic E-state index is 14.3. The fourth-order valence-corrected chi connectivity index (χ4v) is 6.14. The molecule has 12 heteroatoms. The molecule has 1 amide bonds. The van der Waals surface area contributed by atoms with Crippen LogP contribution in [0.4, 0.5) is 4.79 Å². The molecule has 3 aromatic heterocycles. The van der Waals surface area contributed by atoms with Crippen molar-refractivity contribution < 1.29 is 28.5 Å². The Morgan fingerprint density at radius 2 is 1.65 bits per heavy atom. The molecule has 1 aliphatic rings. The topological polar surface area (TPSA) is 118 Å². The van der Waals surface area contributed by atoms with Gasteiger partial charge in [-0.15, -0.1) is 0 Å². The van der Waals surface area contributed by atoms with Crippen molar-refractivity contribution in [2.24, 2.45) is 0 Å². The van der Waals surface area contributed by atoms with E-state index in [1.54, 1.807) is 23.1 Å². The molecule has 276 valence electrons. The number of benzene rings is 2. The van der Waals surface area contributed by atoms with E-state index < -0.39 is 18.1 Å². The molecule has 1 unspecified atom stereocenters. The number of hydrogen-bond acceptors (Lipinski definition) is 10. The number of carbonyl (C=O) groups excluding carboxylic acids is 1. The summed E-state index contributed by atoms with van der Waals surface area (Å²) in [4.78, 5) is 30.2. The summed E-state index contributed by atoms with van der Waals surface area (Å²) in [5.41, 5.74) is 4.14. The van der Waals surface area contributed by atoms with Crippen LogP contribution in [0.25, 0.3) is 16.9 Å². The summed E-state index contributed by atoms with van der Waals surface area (Å²) in [5.74, 6) is 1.01. The zero-order valence-corrected chi connectivity index (χ0v) is 30.6. The fraction of sp³-hybridized carbons (Fsp3) is 0.425. The first kappa shape index (κ1) is 37.2. The van der Waals surface area contributed by atoms with Crippen LogP contribution in [0.3, 0.4) is 0 Å². The molecule has 0 radical (unpaired) electrons. The summed E-state index contributed by atoms with van der Waals surface area (Å²) in [6, 6.07) is 23.8. The SMILES string of the molecule is CN(CCN(CCCN1CCOCC1)C(=O)Oc1c(Cc2ccco2)nc2c(Cc3ccccc3)nc(-c3ccccc3)cn12)C(O)OC(C)(C)C. The van der Waals surface area contributed by atoms with Gasteiger partial charge in [0.1, 0.15) is 11.5 Å². The molecule has 6 rings (SSSR count). The Morgan fingerprint density at radius 1 is 0.923 bits per heavy atom. The lowest BCUT2D eigenvalue weighted by atomic mass is 10.1. The molecule has 0 saturated carbocycles. The summed E-state index contributed by atoms with van der Waals surface area (Å²) in [5, 5.41) is 10.7. The van der Waals surface area contributed by atoms with Crippen molar-refractivity contribution in [1.82, 2.24) is 29.1 Å². The Labute approximate surface area is 305 Å². The van der Waals surface area contributed by atoms with Crippen LogP contribution in [0, 0.1) is 0 Å². The third-order valence-electron chi connectivity index (χ3n) is 8.91. The summed E-state index contributed by atoms with van der Waals surface area (Å²) in [7, 11) is 1.77. The minimum absolute atomic E-state index is 0.309. The summed E-state index contributed by atoms with van der Waals surface area (Å²) in [6.45, 7) is 10.8. The largest absolute Gasteiger partial charge is 0.469 e. The van der Waals surface area contributed by atoms with Gasteiger partial charge in [0, 0.05) is 57.4 Å². The van der Waals surface area contributed by atoms with Crippen molar-refractivity contribution in [2.45, 2.75) is 52.0 Å². The maximum Gasteiger partial charge on any atom is 0.416 e. The molecule has 0 spiro atoms. The maximum atomic E-state index is 14.3. The molecule has 2 aromatic carbocycles. The molecular formula is C40H50N6O6. The molecule has 4 heterocycles. The lowest BCUT2D eigenvalue weighted by Crippen LogP contribution is -2.45. The van der Waals surface area contributed by atoms with Crippen molar-refractivity contribution in [3.05, 3.63) is 108 Å². The molecule has 0 aliphatic carbocycles. The lowest BCUT2D eigenvalue weighted by molar-refractivity contribution is -0.232. The number of morpholine rings is 1. The van der Waals surface area contributed by atoms with Gasteiger partial charge in [0.25, 0.3) is 0 Å². The monoisotopic (exact) mass is 710 g/mol. The highest BCUT2D eigenvalue weighted by molar-refractivity contribution is 5.72. The Bertz CT molecular complexity index is 1850. The highest BCUT2D eigenvalue weighted by atomic mass is 16.6. The van der Waals surface area contributed by atoms with E-state index in [1.165, 1.54) is 0 Å². The molecule has 12 nitrogen and oxygen atoms in total. The standard InChI is InChI=1S/C40H50N6O6/c1-40(2,3)52-38(47)43(4)20-21-45(19-12-18-44-22-25-49-26-23-44)39(48)51-37-34(28-32-17-11-24-50-32)42-36-33(27-30-13-7-5-8-14-30)41-35(29-46(36)37)31-15-9-6-10-16-31/h5-11,13-17,24,29,38,47H,12,18-23,25-28H2,1-4H3. The number of aliphatic hydroxyl groups excluding tert-OH is 1. The second-order valence-electron chi connectivity index (χ2n) is 14.1. The van der Waals surface area contributed by atoms with Gasteiger partial charge < -0.3 is 28.6 Å². The van der Waals surface area contributed by atoms with Crippen molar-refractivity contribution in [3.8, 4) is 17.1 Å². The number of rotatable bonds is 15. The predicted molar refractivity (Wildman–Crippen MR) is 198 cm³/mol. The Morgan fingerprint density at radius 3 is 2.35 bits per heavy atom. The van der Waals surface area contributed by atoms with E-state index in [9.17, 15) is 9.90 Å². The van der Waals surface area contributed by atoms with E-state index in [2.05, 4.69) is 17.0 Å². The number of ether oxygens (including phenoxy) is 3. The molecule has 1 saturated heterocycles. The van der Waals surface area contributed by atoms with Gasteiger partial charge in [-0.05, 0) is 51.9 Å². The van der Waals surface area contributed by atoms with E-state index >= 15 is 0 Å². The normalized spacial score (nSPS) is 14.6. The van der Waals surface area contributed by atoms with Gasteiger partial charge in [-0.25, -0.2) is 14.8 Å². The Hall–Kier alpha value is -4.59. The molecule has 1 aliphatic heterocycles. The summed E-state index contributed by atoms with van der Waals surface area (Å²) >= 11 is 0. The number of aromatic nitrogens is 3. The van der Waals surface area contributed by atoms with Gasteiger partial charge in [0.15, 0.2) is 5.65 Å². The van der Waals surface area contributed by atoms with Crippen LogP contribution in [0.1, 0.15) is 49.9 Å². The highest BCUT2D eigenvalue weighted by Crippen LogP contribution is 2.30. The third kappa shape index (κ3) is 10.0. The minimum atomic E-state index is -1.13. The second-order valence-corrected chi connectivity index (χ2v) is 14.1. The van der Waals surface area contributed by atoms with E-state index in [1.807, 2.05) is 92.0 Å². The molecule has 1 N–H and O–H groups in total. The number of fused-ring (bicyclic) bond motifs is 1. The van der Waals surface area contributed by atoms with Gasteiger partial charge in [-0.3, -0.25) is 14.2 Å². The molecule has 5 aromatic rings. The first-order chi connectivity index (χ1) is 25.1. The van der Waals surface area contributed by atoms with Gasteiger partial charge in [-0.1, -0.05) is 60.7 Å². The van der Waals surface area contributed by atoms with Crippen LogP contribution in [0.5, 0.6) is 5.88 Å². The van der Waals surface area contributed by atoms with Gasteiger partial charge in [0.05, 0.1) is 42.9 Å². The third-order valence-corrected chi connectivity index (χ3v) is 8.91. The Balaban J connectivity index is 1.34. The van der Waals surface area contributed by atoms with E-state index in [-0.39, 0.29) is 0 Å². The van der Waals surface area contributed by atoms with Crippen LogP contribution < -0.4 is 4.74 Å². The number of carbonyl (C=O) groups is 1. The molecular weight excluding hydrogens is 660 g/mol. The predicted octanol–water partition coefficient (Wildman–Crippen LogP) is 5.72. The summed E-state index contributed by atoms with van der Waals surface area (Å²) < 4.78 is 25.2. The van der Waals surface area contributed by atoms with Crippen molar-refractivity contribution in [2.75, 3.05) is 59.5 Å². The van der Waals surface area contributed by atoms with Crippen LogP contribution in [-0.2, 0) is 22.3 Å². The van der Waals surface area contributed by atoms with Crippen molar-refractivity contribution in [1.29, 1.82) is 0 Å². The highest BCUT2D eigenvalue weighted by Gasteiger charge is 2.27. The van der Waals surface area contributed by atoms with Gasteiger partial charge >= 0.3 is 6.09 Å². The number of amides is 1. The average molecular weight is 711 g/mol. The number of likely N-dealkylation sites (N-methyl/N-ethyl adjacent to an activating group) is 1. The van der Waals surface area contributed by atoms with Crippen molar-refractivity contribution in [3.63, 3.8) is 0 Å². The van der Waals surface area contributed by atoms with E-state index in [0.717, 1.165) is 48.6 Å². The first-order valence-electron chi connectivity index (χ1n) is 18.0. The van der Waals surface area contributed by atoms with Crippen LogP contribution in [0.2, 0.25) is 0 Å². The van der Waals surface area contributed by atoms with Crippen LogP contribution >= 0.6 is 0 Å². The number of imidazole rings is 1. The minimum Gasteiger partial charge on any atom is -0.469 e. The molecule has 1 fully saturated rings. The molecule has 1 atom stereocenters. The molecule has 52 heavy (non-hydrogen) atoms. The average Bonchev–Trinajstić information content (AvgIpc) is 3.78.